The van der Waals surface area contributed by atoms with Crippen LogP contribution < -0.4 is 16.0 Å². The quantitative estimate of drug-likeness (QED) is 0.119. The molecule has 9 rings (SSSR count). The van der Waals surface area contributed by atoms with Gasteiger partial charge in [0.05, 0.1) is 37.5 Å². The lowest BCUT2D eigenvalue weighted by atomic mass is 9.86. The minimum absolute atomic E-state index is 0.224. The van der Waals surface area contributed by atoms with Crippen molar-refractivity contribution in [3.05, 3.63) is 153 Å². The second-order valence-electron chi connectivity index (χ2n) is 19.4. The minimum atomic E-state index is -4.30. The number of alkyl halides is 6. The molecule has 3 aromatic carbocycles. The smallest absolute Gasteiger partial charge is 0.317 e. The highest BCUT2D eigenvalue weighted by Crippen LogP contribution is 2.37. The van der Waals surface area contributed by atoms with Crippen LogP contribution in [0.5, 0.6) is 0 Å². The third-order valence-electron chi connectivity index (χ3n) is 13.1. The van der Waals surface area contributed by atoms with Gasteiger partial charge in [-0.25, -0.2) is 15.0 Å². The monoisotopic (exact) mass is 1010 g/mol. The van der Waals surface area contributed by atoms with E-state index in [1.165, 1.54) is 67.9 Å². The van der Waals surface area contributed by atoms with Crippen LogP contribution >= 0.6 is 34.0 Å². The summed E-state index contributed by atoms with van der Waals surface area (Å²) >= 11 is 5.24. The van der Waals surface area contributed by atoms with E-state index in [1.807, 2.05) is 18.3 Å². The van der Waals surface area contributed by atoms with Gasteiger partial charge >= 0.3 is 12.4 Å². The van der Waals surface area contributed by atoms with E-state index < -0.39 is 23.5 Å². The van der Waals surface area contributed by atoms with Crippen LogP contribution in [0.25, 0.3) is 0 Å². The second kappa shape index (κ2) is 24.0. The molecule has 0 amide bonds. The van der Waals surface area contributed by atoms with Gasteiger partial charge in [0.15, 0.2) is 0 Å². The molecule has 6 aromatic rings. The topological polar surface area (TPSA) is 74.8 Å². The maximum Gasteiger partial charge on any atom is 0.416 e. The number of benzene rings is 3. The molecule has 3 N–H and O–H groups in total. The predicted molar refractivity (Wildman–Crippen MR) is 271 cm³/mol. The number of piperidine rings is 3. The lowest BCUT2D eigenvalue weighted by molar-refractivity contribution is -0.138. The Bertz CT molecular complexity index is 2520. The van der Waals surface area contributed by atoms with Gasteiger partial charge in [0.1, 0.15) is 0 Å². The van der Waals surface area contributed by atoms with E-state index in [2.05, 4.69) is 84.1 Å². The predicted octanol–water partition coefficient (Wildman–Crippen LogP) is 13.8. The largest absolute Gasteiger partial charge is 0.416 e. The van der Waals surface area contributed by atoms with Gasteiger partial charge in [-0.15, -0.1) is 34.0 Å². The van der Waals surface area contributed by atoms with Gasteiger partial charge in [0.2, 0.25) is 0 Å². The summed E-state index contributed by atoms with van der Waals surface area (Å²) in [6.07, 6.45) is 3.20. The second-order valence-corrected chi connectivity index (χ2v) is 22.8. The molecular formula is C54H66F6N6S3. The lowest BCUT2D eigenvalue weighted by Gasteiger charge is -2.22. The van der Waals surface area contributed by atoms with Crippen LogP contribution in [0, 0.1) is 6.92 Å². The van der Waals surface area contributed by atoms with Crippen LogP contribution in [0.2, 0.25) is 0 Å². The Balaban J connectivity index is 0.000000153. The van der Waals surface area contributed by atoms with E-state index in [9.17, 15) is 26.3 Å². The first-order valence-electron chi connectivity index (χ1n) is 24.4. The molecule has 3 aromatic heterocycles. The number of thiazole rings is 3. The van der Waals surface area contributed by atoms with E-state index in [-0.39, 0.29) is 5.41 Å². The Kier molecular flexibility index (Phi) is 18.3. The fourth-order valence-electron chi connectivity index (χ4n) is 9.21. The van der Waals surface area contributed by atoms with E-state index in [0.29, 0.717) is 35.8 Å². The summed E-state index contributed by atoms with van der Waals surface area (Å²) < 4.78 is 77.0. The zero-order valence-electron chi connectivity index (χ0n) is 40.4. The van der Waals surface area contributed by atoms with Gasteiger partial charge in [-0.3, -0.25) is 0 Å². The fraction of sp³-hybridized carbons (Fsp3) is 0.500. The van der Waals surface area contributed by atoms with Gasteiger partial charge in [0.25, 0.3) is 0 Å². The Hall–Kier alpha value is -3.99. The third-order valence-corrected chi connectivity index (χ3v) is 16.9. The number of hydrogen-bond donors (Lipinski definition) is 3. The fourth-order valence-corrected chi connectivity index (χ4v) is 13.0. The third kappa shape index (κ3) is 15.3. The molecule has 3 aliphatic rings. The average Bonchev–Trinajstić information content (AvgIpc) is 4.08. The van der Waals surface area contributed by atoms with E-state index in [1.54, 1.807) is 34.8 Å². The van der Waals surface area contributed by atoms with Crippen LogP contribution in [0.4, 0.5) is 26.3 Å². The molecule has 0 aliphatic carbocycles. The molecule has 15 heteroatoms. The van der Waals surface area contributed by atoms with Crippen LogP contribution in [0.3, 0.4) is 0 Å². The molecule has 0 spiro atoms. The Morgan fingerprint density at radius 3 is 1.49 bits per heavy atom. The number of rotatable bonds is 10. The number of aryl methyl sites for hydroxylation is 2. The molecule has 0 atom stereocenters. The first-order chi connectivity index (χ1) is 32.9. The molecule has 0 bridgehead atoms. The van der Waals surface area contributed by atoms with Gasteiger partial charge in [-0.2, -0.15) is 26.3 Å². The molecule has 6 nitrogen and oxygen atoms in total. The van der Waals surface area contributed by atoms with Crippen molar-refractivity contribution in [2.45, 2.75) is 134 Å². The zero-order chi connectivity index (χ0) is 49.2. The Morgan fingerprint density at radius 1 is 0.536 bits per heavy atom. The molecular weight excluding hydrogens is 943 g/mol. The van der Waals surface area contributed by atoms with Crippen molar-refractivity contribution in [1.82, 2.24) is 30.9 Å². The first kappa shape index (κ1) is 52.8. The molecule has 372 valence electrons. The number of aromatic nitrogens is 3. The van der Waals surface area contributed by atoms with Crippen molar-refractivity contribution in [2.24, 2.45) is 0 Å². The number of halogens is 6. The van der Waals surface area contributed by atoms with Crippen molar-refractivity contribution >= 4 is 34.0 Å². The summed E-state index contributed by atoms with van der Waals surface area (Å²) in [7, 11) is 0. The SMILES string of the molecule is CC(C)(C)c1ccc(Cc2ncc(C3CCNCC3)s2)cc1.CCc1nc(Cc2cccc(C(F)(F)F)c2)sc1C1CCNCC1.Cc1nc(Cc2cccc(C(F)(F)F)c2)sc1C1CCNCC1. The van der Waals surface area contributed by atoms with E-state index >= 15 is 0 Å². The Morgan fingerprint density at radius 2 is 1.00 bits per heavy atom. The molecule has 0 saturated carbocycles. The molecule has 0 unspecified atom stereocenters. The van der Waals surface area contributed by atoms with Crippen molar-refractivity contribution < 1.29 is 26.3 Å². The van der Waals surface area contributed by atoms with Crippen LogP contribution in [0.1, 0.15) is 158 Å². The maximum absolute atomic E-state index is 12.9. The number of nitrogens with zero attached hydrogens (tertiary/aromatic N) is 3. The maximum atomic E-state index is 12.9. The zero-order valence-corrected chi connectivity index (χ0v) is 42.8. The normalized spacial score (nSPS) is 16.7. The van der Waals surface area contributed by atoms with Gasteiger partial charge in [-0.05, 0) is 149 Å². The van der Waals surface area contributed by atoms with Crippen LogP contribution in [0.15, 0.2) is 79.0 Å². The summed E-state index contributed by atoms with van der Waals surface area (Å²) in [5, 5.41) is 13.2. The van der Waals surface area contributed by atoms with E-state index in [0.717, 1.165) is 117 Å². The van der Waals surface area contributed by atoms with Crippen molar-refractivity contribution in [3.8, 4) is 0 Å². The summed E-state index contributed by atoms with van der Waals surface area (Å²) in [5.41, 5.74) is 5.26. The highest BCUT2D eigenvalue weighted by molar-refractivity contribution is 7.12. The van der Waals surface area contributed by atoms with Gasteiger partial charge < -0.3 is 16.0 Å². The molecule has 69 heavy (non-hydrogen) atoms. The van der Waals surface area contributed by atoms with Crippen molar-refractivity contribution in [2.75, 3.05) is 39.3 Å². The highest BCUT2D eigenvalue weighted by atomic mass is 32.1. The summed E-state index contributed by atoms with van der Waals surface area (Å²) in [6, 6.07) is 20.1. The lowest BCUT2D eigenvalue weighted by Crippen LogP contribution is -2.26. The molecule has 6 heterocycles. The number of hydrogen-bond acceptors (Lipinski definition) is 9. The van der Waals surface area contributed by atoms with Crippen molar-refractivity contribution in [3.63, 3.8) is 0 Å². The summed E-state index contributed by atoms with van der Waals surface area (Å²) in [5.74, 6) is 1.79. The summed E-state index contributed by atoms with van der Waals surface area (Å²) in [4.78, 5) is 18.1. The summed E-state index contributed by atoms with van der Waals surface area (Å²) in [6.45, 7) is 17.2. The van der Waals surface area contributed by atoms with Crippen LogP contribution in [-0.4, -0.2) is 54.2 Å². The number of nitrogens with one attached hydrogen (secondary N) is 3. The van der Waals surface area contributed by atoms with E-state index in [4.69, 9.17) is 4.98 Å². The van der Waals surface area contributed by atoms with Crippen LogP contribution in [-0.2, 0) is 43.5 Å². The van der Waals surface area contributed by atoms with Crippen molar-refractivity contribution in [1.29, 1.82) is 0 Å². The molecule has 3 saturated heterocycles. The molecule has 3 fully saturated rings. The molecule has 0 radical (unpaired) electrons. The average molecular weight is 1010 g/mol. The van der Waals surface area contributed by atoms with Gasteiger partial charge in [-0.1, -0.05) is 88.4 Å². The standard InChI is InChI=1S/C19H26N2S.C18H21F3N2S.C17H19F3N2S/c1-19(2,3)16-6-4-14(5-7-16)12-18-21-13-17(22-18)15-8-10-20-11-9-15;1-2-15-17(13-6-8-22-9-7-13)24-16(23-15)11-12-4-3-5-14(10-12)18(19,20)21;1-11-16(13-5-7-21-8-6-13)23-15(22-11)10-12-3-2-4-14(9-12)17(18,19)20/h4-7,13,15,20H,8-12H2,1-3H3;3-5,10,13,22H,2,6-9,11H2,1H3;2-4,9,13,21H,5-8,10H2,1H3. The molecule has 3 aliphatic heterocycles. The van der Waals surface area contributed by atoms with Gasteiger partial charge in [0, 0.05) is 40.1 Å². The highest BCUT2D eigenvalue weighted by Gasteiger charge is 2.32. The minimum Gasteiger partial charge on any atom is -0.317 e. The first-order valence-corrected chi connectivity index (χ1v) is 26.8. The Labute approximate surface area is 416 Å².